The molecule has 1 aromatic heterocycles. The number of aromatic nitrogens is 1. The summed E-state index contributed by atoms with van der Waals surface area (Å²) in [5.74, 6) is 2.56. The van der Waals surface area contributed by atoms with Crippen molar-refractivity contribution in [1.82, 2.24) is 10.3 Å². The first kappa shape index (κ1) is 12.7. The molecule has 0 aliphatic rings. The molecule has 0 unspecified atom stereocenters. The number of terminal acetylenes is 1. The van der Waals surface area contributed by atoms with E-state index in [-0.39, 0.29) is 5.41 Å². The van der Waals surface area contributed by atoms with Crippen LogP contribution < -0.4 is 5.32 Å². The van der Waals surface area contributed by atoms with Crippen LogP contribution in [0.4, 0.5) is 0 Å². The Labute approximate surface area is 98.5 Å². The average molecular weight is 216 g/mol. The Kier molecular flexibility index (Phi) is 4.09. The van der Waals surface area contributed by atoms with Crippen LogP contribution in [0.2, 0.25) is 0 Å². The van der Waals surface area contributed by atoms with Crippen LogP contribution >= 0.6 is 0 Å². The number of aryl methyl sites for hydroxylation is 1. The standard InChI is InChI=1S/C14H20N2/c1-6-7-15-9-12-8-11(2)13(16-10-12)14(3,4)5/h1,8,10,15H,7,9H2,2-5H3. The third kappa shape index (κ3) is 3.36. The summed E-state index contributed by atoms with van der Waals surface area (Å²) < 4.78 is 0. The van der Waals surface area contributed by atoms with E-state index >= 15 is 0 Å². The highest BCUT2D eigenvalue weighted by molar-refractivity contribution is 5.28. The van der Waals surface area contributed by atoms with Crippen LogP contribution in [0.15, 0.2) is 12.3 Å². The van der Waals surface area contributed by atoms with Gasteiger partial charge in [0.05, 0.1) is 6.54 Å². The van der Waals surface area contributed by atoms with Gasteiger partial charge in [-0.15, -0.1) is 6.42 Å². The topological polar surface area (TPSA) is 24.9 Å². The summed E-state index contributed by atoms with van der Waals surface area (Å²) in [4.78, 5) is 4.54. The van der Waals surface area contributed by atoms with E-state index in [1.54, 1.807) is 0 Å². The van der Waals surface area contributed by atoms with Gasteiger partial charge in [-0.3, -0.25) is 4.98 Å². The van der Waals surface area contributed by atoms with Gasteiger partial charge in [-0.05, 0) is 18.1 Å². The summed E-state index contributed by atoms with van der Waals surface area (Å²) in [5.41, 5.74) is 3.69. The van der Waals surface area contributed by atoms with Crippen LogP contribution in [0.1, 0.15) is 37.6 Å². The van der Waals surface area contributed by atoms with Gasteiger partial charge in [-0.1, -0.05) is 32.8 Å². The highest BCUT2D eigenvalue weighted by atomic mass is 14.8. The lowest BCUT2D eigenvalue weighted by molar-refractivity contribution is 0.563. The summed E-state index contributed by atoms with van der Waals surface area (Å²) in [6.45, 7) is 10.0. The molecular weight excluding hydrogens is 196 g/mol. The van der Waals surface area contributed by atoms with Gasteiger partial charge in [0.2, 0.25) is 0 Å². The molecule has 1 N–H and O–H groups in total. The molecule has 1 heterocycles. The Morgan fingerprint density at radius 1 is 1.44 bits per heavy atom. The van der Waals surface area contributed by atoms with E-state index in [0.717, 1.165) is 12.2 Å². The second-order valence-corrected chi connectivity index (χ2v) is 5.07. The van der Waals surface area contributed by atoms with Crippen molar-refractivity contribution in [3.63, 3.8) is 0 Å². The van der Waals surface area contributed by atoms with Crippen molar-refractivity contribution in [2.75, 3.05) is 6.54 Å². The first-order valence-corrected chi connectivity index (χ1v) is 5.55. The first-order valence-electron chi connectivity index (χ1n) is 5.55. The molecule has 1 rings (SSSR count). The van der Waals surface area contributed by atoms with Crippen molar-refractivity contribution >= 4 is 0 Å². The molecule has 1 aromatic rings. The second kappa shape index (κ2) is 5.14. The maximum absolute atomic E-state index is 5.18. The molecule has 0 aliphatic carbocycles. The molecule has 16 heavy (non-hydrogen) atoms. The molecule has 0 radical (unpaired) electrons. The minimum atomic E-state index is 0.106. The van der Waals surface area contributed by atoms with E-state index in [0.29, 0.717) is 6.54 Å². The Bertz CT molecular complexity index is 394. The van der Waals surface area contributed by atoms with Gasteiger partial charge in [0.25, 0.3) is 0 Å². The average Bonchev–Trinajstić information content (AvgIpc) is 2.16. The van der Waals surface area contributed by atoms with E-state index < -0.39 is 0 Å². The van der Waals surface area contributed by atoms with Crippen molar-refractivity contribution in [2.45, 2.75) is 39.7 Å². The maximum atomic E-state index is 5.18. The lowest BCUT2D eigenvalue weighted by Gasteiger charge is -2.20. The summed E-state index contributed by atoms with van der Waals surface area (Å²) >= 11 is 0. The van der Waals surface area contributed by atoms with Gasteiger partial charge >= 0.3 is 0 Å². The summed E-state index contributed by atoms with van der Waals surface area (Å²) in [5, 5.41) is 3.16. The van der Waals surface area contributed by atoms with Crippen molar-refractivity contribution in [1.29, 1.82) is 0 Å². The lowest BCUT2D eigenvalue weighted by Crippen LogP contribution is -2.17. The molecular formula is C14H20N2. The minimum Gasteiger partial charge on any atom is -0.302 e. The smallest absolute Gasteiger partial charge is 0.0576 e. The van der Waals surface area contributed by atoms with Crippen molar-refractivity contribution in [2.24, 2.45) is 0 Å². The molecule has 86 valence electrons. The molecule has 0 saturated carbocycles. The molecule has 2 nitrogen and oxygen atoms in total. The molecule has 0 saturated heterocycles. The molecule has 0 fully saturated rings. The van der Waals surface area contributed by atoms with E-state index in [1.165, 1.54) is 11.1 Å². The van der Waals surface area contributed by atoms with Crippen molar-refractivity contribution in [3.8, 4) is 12.3 Å². The SMILES string of the molecule is C#CCNCc1cnc(C(C)(C)C)c(C)c1. The zero-order chi connectivity index (χ0) is 12.2. The molecule has 0 amide bonds. The molecule has 0 spiro atoms. The third-order valence-corrected chi connectivity index (χ3v) is 2.40. The van der Waals surface area contributed by atoms with Crippen LogP contribution in [0.5, 0.6) is 0 Å². The highest BCUT2D eigenvalue weighted by Gasteiger charge is 2.17. The van der Waals surface area contributed by atoms with Crippen LogP contribution in [-0.2, 0) is 12.0 Å². The monoisotopic (exact) mass is 216 g/mol. The Morgan fingerprint density at radius 2 is 2.12 bits per heavy atom. The quantitative estimate of drug-likeness (QED) is 0.620. The van der Waals surface area contributed by atoms with Crippen LogP contribution in [-0.4, -0.2) is 11.5 Å². The first-order chi connectivity index (χ1) is 7.45. The van der Waals surface area contributed by atoms with E-state index in [9.17, 15) is 0 Å². The van der Waals surface area contributed by atoms with Crippen molar-refractivity contribution in [3.05, 3.63) is 29.1 Å². The molecule has 0 bridgehead atoms. The summed E-state index contributed by atoms with van der Waals surface area (Å²) in [6, 6.07) is 2.18. The van der Waals surface area contributed by atoms with Gasteiger partial charge in [0.1, 0.15) is 0 Å². The van der Waals surface area contributed by atoms with Gasteiger partial charge < -0.3 is 5.32 Å². The number of hydrogen-bond donors (Lipinski definition) is 1. The fourth-order valence-electron chi connectivity index (χ4n) is 1.79. The van der Waals surface area contributed by atoms with Gasteiger partial charge in [0.15, 0.2) is 0 Å². The summed E-state index contributed by atoms with van der Waals surface area (Å²) in [6.07, 6.45) is 7.10. The number of pyridine rings is 1. The van der Waals surface area contributed by atoms with E-state index in [1.807, 2.05) is 6.20 Å². The number of hydrogen-bond acceptors (Lipinski definition) is 2. The molecule has 0 atom stereocenters. The van der Waals surface area contributed by atoms with Crippen LogP contribution in [0.25, 0.3) is 0 Å². The number of nitrogens with one attached hydrogen (secondary N) is 1. The Balaban J connectivity index is 2.80. The third-order valence-electron chi connectivity index (χ3n) is 2.40. The molecule has 0 aromatic carbocycles. The summed E-state index contributed by atoms with van der Waals surface area (Å²) in [7, 11) is 0. The number of nitrogens with zero attached hydrogens (tertiary/aromatic N) is 1. The second-order valence-electron chi connectivity index (χ2n) is 5.07. The Hall–Kier alpha value is -1.33. The van der Waals surface area contributed by atoms with Gasteiger partial charge in [-0.2, -0.15) is 0 Å². The van der Waals surface area contributed by atoms with Gasteiger partial charge in [-0.25, -0.2) is 0 Å². The van der Waals surface area contributed by atoms with Crippen LogP contribution in [0.3, 0.4) is 0 Å². The highest BCUT2D eigenvalue weighted by Crippen LogP contribution is 2.23. The molecule has 2 heteroatoms. The zero-order valence-corrected chi connectivity index (χ0v) is 10.6. The van der Waals surface area contributed by atoms with Crippen molar-refractivity contribution < 1.29 is 0 Å². The largest absolute Gasteiger partial charge is 0.302 e. The fourth-order valence-corrected chi connectivity index (χ4v) is 1.79. The van der Waals surface area contributed by atoms with E-state index in [2.05, 4.69) is 50.0 Å². The van der Waals surface area contributed by atoms with Crippen LogP contribution in [0, 0.1) is 19.3 Å². The zero-order valence-electron chi connectivity index (χ0n) is 10.6. The predicted molar refractivity (Wildman–Crippen MR) is 68.2 cm³/mol. The predicted octanol–water partition coefficient (Wildman–Crippen LogP) is 2.41. The minimum absolute atomic E-state index is 0.106. The maximum Gasteiger partial charge on any atom is 0.0576 e. The number of rotatable bonds is 3. The fraction of sp³-hybridized carbons (Fsp3) is 0.500. The van der Waals surface area contributed by atoms with E-state index in [4.69, 9.17) is 6.42 Å². The lowest BCUT2D eigenvalue weighted by atomic mass is 9.88. The molecule has 0 aliphatic heterocycles. The normalized spacial score (nSPS) is 11.2. The Morgan fingerprint density at radius 3 is 2.62 bits per heavy atom. The van der Waals surface area contributed by atoms with Gasteiger partial charge in [0, 0.05) is 23.9 Å².